The standard InChI is InChI=1S/C21H19FN2O3/c22-19-8-6-16(7-9-19)12-23-20(25)14-24(13-17-4-2-1-3-5-17)21(26)18-10-11-27-15-18/h1-11,15H,12-14H2,(H,23,25). The lowest BCUT2D eigenvalue weighted by Gasteiger charge is -2.22. The van der Waals surface area contributed by atoms with Crippen LogP contribution in [0.4, 0.5) is 4.39 Å². The van der Waals surface area contributed by atoms with Gasteiger partial charge in [-0.05, 0) is 29.3 Å². The van der Waals surface area contributed by atoms with Gasteiger partial charge in [0.05, 0.1) is 11.8 Å². The molecule has 2 aromatic carbocycles. The predicted molar refractivity (Wildman–Crippen MR) is 98.1 cm³/mol. The quantitative estimate of drug-likeness (QED) is 0.697. The predicted octanol–water partition coefficient (Wildman–Crippen LogP) is 3.38. The van der Waals surface area contributed by atoms with Gasteiger partial charge < -0.3 is 14.6 Å². The fourth-order valence-corrected chi connectivity index (χ4v) is 2.60. The molecule has 0 aliphatic rings. The molecule has 0 atom stereocenters. The Bertz CT molecular complexity index is 878. The summed E-state index contributed by atoms with van der Waals surface area (Å²) in [5.74, 6) is -0.915. The van der Waals surface area contributed by atoms with Crippen LogP contribution in [-0.2, 0) is 17.9 Å². The minimum Gasteiger partial charge on any atom is -0.472 e. The van der Waals surface area contributed by atoms with E-state index in [0.29, 0.717) is 12.1 Å². The van der Waals surface area contributed by atoms with Crippen LogP contribution >= 0.6 is 0 Å². The maximum absolute atomic E-state index is 12.9. The summed E-state index contributed by atoms with van der Waals surface area (Å²) in [5.41, 5.74) is 2.08. The Morgan fingerprint density at radius 2 is 1.70 bits per heavy atom. The summed E-state index contributed by atoms with van der Waals surface area (Å²) in [7, 11) is 0. The van der Waals surface area contributed by atoms with Crippen molar-refractivity contribution in [2.45, 2.75) is 13.1 Å². The van der Waals surface area contributed by atoms with E-state index >= 15 is 0 Å². The highest BCUT2D eigenvalue weighted by Gasteiger charge is 2.20. The normalized spacial score (nSPS) is 10.4. The van der Waals surface area contributed by atoms with Crippen LogP contribution in [0.3, 0.4) is 0 Å². The zero-order valence-corrected chi connectivity index (χ0v) is 14.6. The molecular formula is C21H19FN2O3. The van der Waals surface area contributed by atoms with Crippen LogP contribution in [0.2, 0.25) is 0 Å². The van der Waals surface area contributed by atoms with Crippen LogP contribution in [0.15, 0.2) is 77.6 Å². The molecule has 1 N–H and O–H groups in total. The van der Waals surface area contributed by atoms with Gasteiger partial charge in [-0.3, -0.25) is 9.59 Å². The molecule has 0 fully saturated rings. The van der Waals surface area contributed by atoms with E-state index < -0.39 is 0 Å². The molecule has 3 aromatic rings. The van der Waals surface area contributed by atoms with E-state index in [4.69, 9.17) is 4.42 Å². The van der Waals surface area contributed by atoms with Crippen LogP contribution in [0.5, 0.6) is 0 Å². The van der Waals surface area contributed by atoms with Crippen molar-refractivity contribution < 1.29 is 18.4 Å². The molecule has 0 saturated heterocycles. The zero-order chi connectivity index (χ0) is 19.1. The second-order valence-electron chi connectivity index (χ2n) is 6.06. The fourth-order valence-electron chi connectivity index (χ4n) is 2.60. The molecule has 3 rings (SSSR count). The highest BCUT2D eigenvalue weighted by Crippen LogP contribution is 2.11. The second-order valence-corrected chi connectivity index (χ2v) is 6.06. The first-order chi connectivity index (χ1) is 13.1. The van der Waals surface area contributed by atoms with Crippen molar-refractivity contribution in [3.05, 3.63) is 95.7 Å². The van der Waals surface area contributed by atoms with Gasteiger partial charge in [0.2, 0.25) is 5.91 Å². The largest absolute Gasteiger partial charge is 0.472 e. The molecule has 0 aliphatic carbocycles. The molecule has 1 heterocycles. The van der Waals surface area contributed by atoms with Gasteiger partial charge in [-0.1, -0.05) is 42.5 Å². The Labute approximate surface area is 156 Å². The minimum atomic E-state index is -0.329. The van der Waals surface area contributed by atoms with E-state index in [-0.39, 0.29) is 30.7 Å². The van der Waals surface area contributed by atoms with Crippen molar-refractivity contribution in [1.29, 1.82) is 0 Å². The number of amides is 2. The smallest absolute Gasteiger partial charge is 0.257 e. The summed E-state index contributed by atoms with van der Waals surface area (Å²) in [6.45, 7) is 0.465. The van der Waals surface area contributed by atoms with Gasteiger partial charge in [0, 0.05) is 13.1 Å². The number of carbonyl (C=O) groups excluding carboxylic acids is 2. The Morgan fingerprint density at radius 3 is 2.37 bits per heavy atom. The number of hydrogen-bond acceptors (Lipinski definition) is 3. The lowest BCUT2D eigenvalue weighted by molar-refractivity contribution is -0.122. The van der Waals surface area contributed by atoms with Gasteiger partial charge in [0.25, 0.3) is 5.91 Å². The monoisotopic (exact) mass is 366 g/mol. The summed E-state index contributed by atoms with van der Waals surface area (Å²) in [4.78, 5) is 26.5. The average molecular weight is 366 g/mol. The number of rotatable bonds is 7. The number of nitrogens with one attached hydrogen (secondary N) is 1. The van der Waals surface area contributed by atoms with Gasteiger partial charge in [-0.15, -0.1) is 0 Å². The SMILES string of the molecule is O=C(CN(Cc1ccccc1)C(=O)c1ccoc1)NCc1ccc(F)cc1. The van der Waals surface area contributed by atoms with Crippen molar-refractivity contribution in [3.63, 3.8) is 0 Å². The summed E-state index contributed by atoms with van der Waals surface area (Å²) < 4.78 is 17.9. The lowest BCUT2D eigenvalue weighted by Crippen LogP contribution is -2.40. The maximum Gasteiger partial charge on any atom is 0.257 e. The molecule has 27 heavy (non-hydrogen) atoms. The molecule has 5 nitrogen and oxygen atoms in total. The highest BCUT2D eigenvalue weighted by molar-refractivity contribution is 5.96. The first-order valence-corrected chi connectivity index (χ1v) is 8.48. The van der Waals surface area contributed by atoms with E-state index in [1.54, 1.807) is 18.2 Å². The van der Waals surface area contributed by atoms with E-state index in [2.05, 4.69) is 5.32 Å². The second kappa shape index (κ2) is 8.80. The maximum atomic E-state index is 12.9. The fraction of sp³-hybridized carbons (Fsp3) is 0.143. The molecule has 138 valence electrons. The minimum absolute atomic E-state index is 0.0971. The van der Waals surface area contributed by atoms with Crippen molar-refractivity contribution >= 4 is 11.8 Å². The number of benzene rings is 2. The molecule has 1 aromatic heterocycles. The van der Waals surface area contributed by atoms with Gasteiger partial charge in [-0.2, -0.15) is 0 Å². The van der Waals surface area contributed by atoms with Crippen LogP contribution in [0.25, 0.3) is 0 Å². The molecule has 2 amide bonds. The number of nitrogens with zero attached hydrogens (tertiary/aromatic N) is 1. The Balaban J connectivity index is 1.65. The molecule has 0 aliphatic heterocycles. The summed E-state index contributed by atoms with van der Waals surface area (Å²) in [6.07, 6.45) is 2.78. The van der Waals surface area contributed by atoms with Gasteiger partial charge in [0.15, 0.2) is 0 Å². The molecule has 0 unspecified atom stereocenters. The van der Waals surface area contributed by atoms with Gasteiger partial charge >= 0.3 is 0 Å². The Kier molecular flexibility index (Phi) is 5.99. The molecular weight excluding hydrogens is 347 g/mol. The first kappa shape index (κ1) is 18.4. The Hall–Kier alpha value is -3.41. The number of hydrogen-bond donors (Lipinski definition) is 1. The third kappa shape index (κ3) is 5.28. The Morgan fingerprint density at radius 1 is 0.963 bits per heavy atom. The van der Waals surface area contributed by atoms with Crippen molar-refractivity contribution in [2.75, 3.05) is 6.54 Å². The highest BCUT2D eigenvalue weighted by atomic mass is 19.1. The summed E-state index contributed by atoms with van der Waals surface area (Å²) in [6, 6.07) is 16.9. The van der Waals surface area contributed by atoms with Crippen LogP contribution in [0.1, 0.15) is 21.5 Å². The summed E-state index contributed by atoms with van der Waals surface area (Å²) in [5, 5.41) is 2.76. The first-order valence-electron chi connectivity index (χ1n) is 8.48. The molecule has 0 radical (unpaired) electrons. The third-order valence-electron chi connectivity index (χ3n) is 4.01. The van der Waals surface area contributed by atoms with Gasteiger partial charge in [-0.25, -0.2) is 4.39 Å². The van der Waals surface area contributed by atoms with E-state index in [0.717, 1.165) is 11.1 Å². The lowest BCUT2D eigenvalue weighted by atomic mass is 10.2. The molecule has 6 heteroatoms. The van der Waals surface area contributed by atoms with Gasteiger partial charge in [0.1, 0.15) is 18.6 Å². The van der Waals surface area contributed by atoms with Crippen LogP contribution < -0.4 is 5.32 Å². The van der Waals surface area contributed by atoms with E-state index in [1.807, 2.05) is 30.3 Å². The number of carbonyl (C=O) groups is 2. The third-order valence-corrected chi connectivity index (χ3v) is 4.01. The average Bonchev–Trinajstić information content (AvgIpc) is 3.22. The molecule has 0 saturated carbocycles. The number of halogens is 1. The van der Waals surface area contributed by atoms with Crippen LogP contribution in [0, 0.1) is 5.82 Å². The van der Waals surface area contributed by atoms with Crippen molar-refractivity contribution in [1.82, 2.24) is 10.2 Å². The van der Waals surface area contributed by atoms with Crippen molar-refractivity contribution in [3.8, 4) is 0 Å². The van der Waals surface area contributed by atoms with Crippen LogP contribution in [-0.4, -0.2) is 23.3 Å². The summed E-state index contributed by atoms with van der Waals surface area (Å²) >= 11 is 0. The number of furan rings is 1. The molecule has 0 spiro atoms. The zero-order valence-electron chi connectivity index (χ0n) is 14.6. The molecule has 0 bridgehead atoms. The van der Waals surface area contributed by atoms with E-state index in [9.17, 15) is 14.0 Å². The van der Waals surface area contributed by atoms with Crippen molar-refractivity contribution in [2.24, 2.45) is 0 Å². The van der Waals surface area contributed by atoms with E-state index in [1.165, 1.54) is 29.6 Å². The topological polar surface area (TPSA) is 62.6 Å².